The van der Waals surface area contributed by atoms with Gasteiger partial charge in [-0.05, 0) is 12.1 Å². The molecule has 1 aromatic heterocycles. The summed E-state index contributed by atoms with van der Waals surface area (Å²) in [4.78, 5) is 15.4. The van der Waals surface area contributed by atoms with E-state index < -0.39 is 0 Å². The highest BCUT2D eigenvalue weighted by molar-refractivity contribution is 5.91. The SMILES string of the molecule is COc1cc(NC(=O)Cn2cncn2)ccc1N. The first-order valence-electron chi connectivity index (χ1n) is 5.25. The predicted molar refractivity (Wildman–Crippen MR) is 66.1 cm³/mol. The van der Waals surface area contributed by atoms with Crippen LogP contribution in [-0.4, -0.2) is 27.8 Å². The van der Waals surface area contributed by atoms with E-state index in [0.717, 1.165) is 0 Å². The van der Waals surface area contributed by atoms with Crippen molar-refractivity contribution in [3.05, 3.63) is 30.9 Å². The third-order valence-corrected chi connectivity index (χ3v) is 2.29. The average molecular weight is 247 g/mol. The molecule has 18 heavy (non-hydrogen) atoms. The fraction of sp³-hybridized carbons (Fsp3) is 0.182. The number of aromatic nitrogens is 3. The summed E-state index contributed by atoms with van der Waals surface area (Å²) in [7, 11) is 1.52. The molecule has 0 aliphatic heterocycles. The summed E-state index contributed by atoms with van der Waals surface area (Å²) < 4.78 is 6.50. The van der Waals surface area contributed by atoms with E-state index in [9.17, 15) is 4.79 Å². The van der Waals surface area contributed by atoms with E-state index in [2.05, 4.69) is 15.4 Å². The smallest absolute Gasteiger partial charge is 0.246 e. The number of amides is 1. The van der Waals surface area contributed by atoms with Crippen LogP contribution in [-0.2, 0) is 11.3 Å². The molecule has 7 heteroatoms. The molecule has 0 saturated carbocycles. The number of hydrogen-bond donors (Lipinski definition) is 2. The Kier molecular flexibility index (Phi) is 3.42. The molecular formula is C11H13N5O2. The number of hydrogen-bond acceptors (Lipinski definition) is 5. The van der Waals surface area contributed by atoms with Crippen LogP contribution in [0.5, 0.6) is 5.75 Å². The zero-order chi connectivity index (χ0) is 13.0. The Balaban J connectivity index is 2.03. The Morgan fingerprint density at radius 1 is 1.56 bits per heavy atom. The molecule has 7 nitrogen and oxygen atoms in total. The standard InChI is InChI=1S/C11H13N5O2/c1-18-10-4-8(2-3-9(10)12)15-11(17)5-16-7-13-6-14-16/h2-4,6-7H,5,12H2,1H3,(H,15,17). The van der Waals surface area contributed by atoms with E-state index >= 15 is 0 Å². The number of anilines is 2. The third kappa shape index (κ3) is 2.76. The molecule has 1 amide bonds. The number of nitrogens with zero attached hydrogens (tertiary/aromatic N) is 3. The van der Waals surface area contributed by atoms with Crippen LogP contribution in [0.3, 0.4) is 0 Å². The fourth-order valence-electron chi connectivity index (χ4n) is 1.45. The molecule has 0 spiro atoms. The van der Waals surface area contributed by atoms with Gasteiger partial charge in [0.2, 0.25) is 5.91 Å². The first-order chi connectivity index (χ1) is 8.69. The van der Waals surface area contributed by atoms with Gasteiger partial charge in [-0.15, -0.1) is 0 Å². The highest BCUT2D eigenvalue weighted by Gasteiger charge is 2.06. The summed E-state index contributed by atoms with van der Waals surface area (Å²) in [6.07, 6.45) is 2.85. The maximum absolute atomic E-state index is 11.7. The second kappa shape index (κ2) is 5.17. The first kappa shape index (κ1) is 11.9. The number of carbonyl (C=O) groups excluding carboxylic acids is 1. The summed E-state index contributed by atoms with van der Waals surface area (Å²) in [5.74, 6) is 0.320. The van der Waals surface area contributed by atoms with Crippen LogP contribution >= 0.6 is 0 Å². The van der Waals surface area contributed by atoms with Crippen molar-refractivity contribution < 1.29 is 9.53 Å². The van der Waals surface area contributed by atoms with Crippen LogP contribution in [0, 0.1) is 0 Å². The Morgan fingerprint density at radius 3 is 3.06 bits per heavy atom. The summed E-state index contributed by atoms with van der Waals surface area (Å²) in [6.45, 7) is 0.104. The fourth-order valence-corrected chi connectivity index (χ4v) is 1.45. The molecule has 0 unspecified atom stereocenters. The molecule has 0 radical (unpaired) electrons. The lowest BCUT2D eigenvalue weighted by Gasteiger charge is -2.08. The molecule has 1 aromatic carbocycles. The average Bonchev–Trinajstić information content (AvgIpc) is 2.84. The van der Waals surface area contributed by atoms with Crippen LogP contribution in [0.15, 0.2) is 30.9 Å². The lowest BCUT2D eigenvalue weighted by molar-refractivity contribution is -0.116. The zero-order valence-corrected chi connectivity index (χ0v) is 9.83. The lowest BCUT2D eigenvalue weighted by Crippen LogP contribution is -2.19. The molecular weight excluding hydrogens is 234 g/mol. The van der Waals surface area contributed by atoms with Gasteiger partial charge in [-0.1, -0.05) is 0 Å². The minimum atomic E-state index is -0.202. The topological polar surface area (TPSA) is 95.1 Å². The van der Waals surface area contributed by atoms with Crippen molar-refractivity contribution in [1.82, 2.24) is 14.8 Å². The van der Waals surface area contributed by atoms with Crippen molar-refractivity contribution in [3.8, 4) is 5.75 Å². The van der Waals surface area contributed by atoms with Gasteiger partial charge in [0.05, 0.1) is 12.8 Å². The Hall–Kier alpha value is -2.57. The number of rotatable bonds is 4. The highest BCUT2D eigenvalue weighted by atomic mass is 16.5. The summed E-state index contributed by atoms with van der Waals surface area (Å²) >= 11 is 0. The van der Waals surface area contributed by atoms with Crippen LogP contribution in [0.2, 0.25) is 0 Å². The maximum atomic E-state index is 11.7. The molecule has 3 N–H and O–H groups in total. The highest BCUT2D eigenvalue weighted by Crippen LogP contribution is 2.24. The third-order valence-electron chi connectivity index (χ3n) is 2.29. The number of nitrogen functional groups attached to an aromatic ring is 1. The summed E-state index contributed by atoms with van der Waals surface area (Å²) in [6, 6.07) is 5.04. The van der Waals surface area contributed by atoms with Crippen LogP contribution in [0.1, 0.15) is 0 Å². The quantitative estimate of drug-likeness (QED) is 0.767. The lowest BCUT2D eigenvalue weighted by atomic mass is 10.2. The largest absolute Gasteiger partial charge is 0.495 e. The van der Waals surface area contributed by atoms with Crippen molar-refractivity contribution in [2.75, 3.05) is 18.2 Å². The van der Waals surface area contributed by atoms with Crippen molar-refractivity contribution in [2.24, 2.45) is 0 Å². The monoisotopic (exact) mass is 247 g/mol. The second-order valence-corrected chi connectivity index (χ2v) is 3.60. The van der Waals surface area contributed by atoms with Gasteiger partial charge in [0.25, 0.3) is 0 Å². The number of nitrogens with one attached hydrogen (secondary N) is 1. The van der Waals surface area contributed by atoms with E-state index in [0.29, 0.717) is 17.1 Å². The Labute approximate surface area is 104 Å². The second-order valence-electron chi connectivity index (χ2n) is 3.60. The number of benzene rings is 1. The van der Waals surface area contributed by atoms with E-state index in [-0.39, 0.29) is 12.5 Å². The first-order valence-corrected chi connectivity index (χ1v) is 5.25. The molecule has 0 bridgehead atoms. The van der Waals surface area contributed by atoms with E-state index in [1.165, 1.54) is 24.4 Å². The Morgan fingerprint density at radius 2 is 2.39 bits per heavy atom. The summed E-state index contributed by atoms with van der Waals surface area (Å²) in [5, 5.41) is 6.56. The molecule has 0 fully saturated rings. The zero-order valence-electron chi connectivity index (χ0n) is 9.83. The van der Waals surface area contributed by atoms with Gasteiger partial charge in [0.1, 0.15) is 24.9 Å². The molecule has 0 saturated heterocycles. The predicted octanol–water partition coefficient (Wildman–Crippen LogP) is 0.508. The minimum absolute atomic E-state index is 0.104. The van der Waals surface area contributed by atoms with Crippen molar-refractivity contribution in [2.45, 2.75) is 6.54 Å². The van der Waals surface area contributed by atoms with Crippen LogP contribution in [0.25, 0.3) is 0 Å². The van der Waals surface area contributed by atoms with Gasteiger partial charge in [-0.25, -0.2) is 9.67 Å². The number of ether oxygens (including phenoxy) is 1. The van der Waals surface area contributed by atoms with Crippen LogP contribution < -0.4 is 15.8 Å². The van der Waals surface area contributed by atoms with Gasteiger partial charge in [-0.3, -0.25) is 4.79 Å². The van der Waals surface area contributed by atoms with Gasteiger partial charge >= 0.3 is 0 Å². The van der Waals surface area contributed by atoms with E-state index in [1.807, 2.05) is 0 Å². The normalized spacial score (nSPS) is 10.1. The molecule has 2 rings (SSSR count). The van der Waals surface area contributed by atoms with E-state index in [4.69, 9.17) is 10.5 Å². The molecule has 0 aliphatic carbocycles. The molecule has 0 atom stereocenters. The number of nitrogens with two attached hydrogens (primary N) is 1. The summed E-state index contributed by atoms with van der Waals surface area (Å²) in [5.41, 5.74) is 6.82. The van der Waals surface area contributed by atoms with Gasteiger partial charge < -0.3 is 15.8 Å². The molecule has 2 aromatic rings. The van der Waals surface area contributed by atoms with Crippen molar-refractivity contribution in [1.29, 1.82) is 0 Å². The van der Waals surface area contributed by atoms with Gasteiger partial charge in [0.15, 0.2) is 0 Å². The van der Waals surface area contributed by atoms with Gasteiger partial charge in [0, 0.05) is 11.8 Å². The van der Waals surface area contributed by atoms with Gasteiger partial charge in [-0.2, -0.15) is 5.10 Å². The Bertz CT molecular complexity index is 538. The molecule has 1 heterocycles. The number of methoxy groups -OCH3 is 1. The van der Waals surface area contributed by atoms with Crippen molar-refractivity contribution in [3.63, 3.8) is 0 Å². The van der Waals surface area contributed by atoms with Crippen LogP contribution in [0.4, 0.5) is 11.4 Å². The maximum Gasteiger partial charge on any atom is 0.246 e. The molecule has 0 aliphatic rings. The van der Waals surface area contributed by atoms with Crippen molar-refractivity contribution >= 4 is 17.3 Å². The molecule has 94 valence electrons. The minimum Gasteiger partial charge on any atom is -0.495 e. The van der Waals surface area contributed by atoms with E-state index in [1.54, 1.807) is 18.2 Å². The number of carbonyl (C=O) groups is 1.